The van der Waals surface area contributed by atoms with Crippen molar-refractivity contribution < 1.29 is 18.6 Å². The minimum absolute atomic E-state index is 0.299. The van der Waals surface area contributed by atoms with Crippen LogP contribution in [-0.4, -0.2) is 57.9 Å². The maximum Gasteiger partial charge on any atom is 0.339 e. The van der Waals surface area contributed by atoms with Crippen molar-refractivity contribution in [3.63, 3.8) is 0 Å². The summed E-state index contributed by atoms with van der Waals surface area (Å²) in [5.74, 6) is 2.00. The van der Waals surface area contributed by atoms with E-state index < -0.39 is 0 Å². The number of methoxy groups -OCH3 is 1. The molecule has 7 nitrogen and oxygen atoms in total. The monoisotopic (exact) mass is 466 g/mol. The van der Waals surface area contributed by atoms with Crippen LogP contribution in [-0.2, 0) is 6.42 Å². The van der Waals surface area contributed by atoms with Crippen LogP contribution in [0.2, 0.25) is 0 Å². The summed E-state index contributed by atoms with van der Waals surface area (Å²) in [6, 6.07) is 12.0. The number of ether oxygens (including phenoxy) is 3. The third kappa shape index (κ3) is 4.85. The zero-order valence-electron chi connectivity index (χ0n) is 20.6. The highest BCUT2D eigenvalue weighted by atomic mass is 16.5. The van der Waals surface area contributed by atoms with E-state index in [1.165, 1.54) is 0 Å². The van der Waals surface area contributed by atoms with Gasteiger partial charge in [-0.25, -0.2) is 4.79 Å². The fourth-order valence-electron chi connectivity index (χ4n) is 4.62. The first-order valence-corrected chi connectivity index (χ1v) is 12.0. The number of nitrogens with zero attached hydrogens (tertiary/aromatic N) is 2. The first-order valence-electron chi connectivity index (χ1n) is 12.0. The molecule has 1 aliphatic rings. The Morgan fingerprint density at radius 2 is 1.68 bits per heavy atom. The van der Waals surface area contributed by atoms with Gasteiger partial charge in [-0.1, -0.05) is 12.1 Å². The Bertz CT molecular complexity index is 1180. The summed E-state index contributed by atoms with van der Waals surface area (Å²) >= 11 is 0. The molecule has 0 aliphatic carbocycles. The molecule has 2 heterocycles. The molecule has 0 bridgehead atoms. The van der Waals surface area contributed by atoms with Crippen LogP contribution in [0.15, 0.2) is 45.6 Å². The van der Waals surface area contributed by atoms with Crippen molar-refractivity contribution >= 4 is 16.7 Å². The molecular formula is C27H34N2O5. The Labute approximate surface area is 200 Å². The Morgan fingerprint density at radius 1 is 0.941 bits per heavy atom. The molecule has 2 aromatic carbocycles. The van der Waals surface area contributed by atoms with Gasteiger partial charge in [0.25, 0.3) is 0 Å². The van der Waals surface area contributed by atoms with E-state index in [1.807, 2.05) is 51.1 Å². The zero-order chi connectivity index (χ0) is 24.1. The highest BCUT2D eigenvalue weighted by Gasteiger charge is 2.22. The Hall–Kier alpha value is -3.19. The molecule has 7 heteroatoms. The molecule has 0 unspecified atom stereocenters. The molecule has 34 heavy (non-hydrogen) atoms. The van der Waals surface area contributed by atoms with Crippen LogP contribution in [0.1, 0.15) is 25.0 Å². The van der Waals surface area contributed by atoms with E-state index in [-0.39, 0.29) is 5.63 Å². The standard InChI is InChI=1S/C27H34N2O5/c1-5-32-24-12-11-20-19(3)21(27(30)34-25(20)26(24)33-6-2)13-14-28-15-17-29(18-16-28)22-9-7-8-10-23(22)31-4/h7-12H,5-6,13-18H2,1-4H3. The molecule has 0 spiro atoms. The molecule has 4 rings (SSSR count). The number of piperazine rings is 1. The molecular weight excluding hydrogens is 432 g/mol. The van der Waals surface area contributed by atoms with Crippen LogP contribution < -0.4 is 24.7 Å². The largest absolute Gasteiger partial charge is 0.495 e. The van der Waals surface area contributed by atoms with E-state index in [4.69, 9.17) is 18.6 Å². The lowest BCUT2D eigenvalue weighted by Crippen LogP contribution is -2.47. The van der Waals surface area contributed by atoms with Crippen molar-refractivity contribution in [2.24, 2.45) is 0 Å². The van der Waals surface area contributed by atoms with Gasteiger partial charge in [0.1, 0.15) is 5.75 Å². The molecule has 1 aliphatic heterocycles. The van der Waals surface area contributed by atoms with Gasteiger partial charge in [-0.3, -0.25) is 4.90 Å². The molecule has 1 fully saturated rings. The van der Waals surface area contributed by atoms with Crippen LogP contribution in [0.5, 0.6) is 17.2 Å². The van der Waals surface area contributed by atoms with E-state index in [0.29, 0.717) is 36.7 Å². The average molecular weight is 467 g/mol. The summed E-state index contributed by atoms with van der Waals surface area (Å²) in [4.78, 5) is 17.7. The lowest BCUT2D eigenvalue weighted by molar-refractivity contribution is 0.259. The highest BCUT2D eigenvalue weighted by molar-refractivity contribution is 5.88. The number of anilines is 1. The van der Waals surface area contributed by atoms with Crippen LogP contribution in [0.4, 0.5) is 5.69 Å². The summed E-state index contributed by atoms with van der Waals surface area (Å²) < 4.78 is 22.8. The number of para-hydroxylation sites is 2. The first-order chi connectivity index (χ1) is 16.6. The van der Waals surface area contributed by atoms with E-state index in [1.54, 1.807) is 7.11 Å². The maximum absolute atomic E-state index is 13.0. The van der Waals surface area contributed by atoms with Gasteiger partial charge in [0, 0.05) is 43.7 Å². The van der Waals surface area contributed by atoms with Crippen molar-refractivity contribution in [1.82, 2.24) is 4.90 Å². The summed E-state index contributed by atoms with van der Waals surface area (Å²) in [7, 11) is 1.71. The predicted octanol–water partition coefficient (Wildman–Crippen LogP) is 4.27. The van der Waals surface area contributed by atoms with Gasteiger partial charge in [-0.15, -0.1) is 0 Å². The lowest BCUT2D eigenvalue weighted by Gasteiger charge is -2.36. The topological polar surface area (TPSA) is 64.4 Å². The second kappa shape index (κ2) is 10.8. The second-order valence-corrected chi connectivity index (χ2v) is 8.38. The van der Waals surface area contributed by atoms with E-state index in [0.717, 1.165) is 60.7 Å². The molecule has 1 aromatic heterocycles. The average Bonchev–Trinajstić information content (AvgIpc) is 2.86. The number of hydrogen-bond donors (Lipinski definition) is 0. The summed E-state index contributed by atoms with van der Waals surface area (Å²) in [6.07, 6.45) is 0.649. The van der Waals surface area contributed by atoms with Crippen molar-refractivity contribution in [2.45, 2.75) is 27.2 Å². The number of aryl methyl sites for hydroxylation is 1. The maximum atomic E-state index is 13.0. The third-order valence-corrected chi connectivity index (χ3v) is 6.44. The Balaban J connectivity index is 1.48. The molecule has 182 valence electrons. The van der Waals surface area contributed by atoms with E-state index in [9.17, 15) is 4.79 Å². The van der Waals surface area contributed by atoms with Crippen LogP contribution in [0, 0.1) is 6.92 Å². The normalized spacial score (nSPS) is 14.4. The molecule has 0 N–H and O–H groups in total. The zero-order valence-corrected chi connectivity index (χ0v) is 20.6. The molecule has 0 radical (unpaired) electrons. The second-order valence-electron chi connectivity index (χ2n) is 8.38. The summed E-state index contributed by atoms with van der Waals surface area (Å²) in [5.41, 5.74) is 2.97. The van der Waals surface area contributed by atoms with Gasteiger partial charge in [-0.2, -0.15) is 0 Å². The van der Waals surface area contributed by atoms with Crippen LogP contribution >= 0.6 is 0 Å². The van der Waals surface area contributed by atoms with Crippen molar-refractivity contribution in [3.05, 3.63) is 57.9 Å². The predicted molar refractivity (Wildman–Crippen MR) is 135 cm³/mol. The van der Waals surface area contributed by atoms with Gasteiger partial charge < -0.3 is 23.5 Å². The molecule has 0 amide bonds. The Morgan fingerprint density at radius 3 is 2.38 bits per heavy atom. The molecule has 0 atom stereocenters. The third-order valence-electron chi connectivity index (χ3n) is 6.44. The number of rotatable bonds is 9. The lowest BCUT2D eigenvalue weighted by atomic mass is 10.0. The number of hydrogen-bond acceptors (Lipinski definition) is 7. The van der Waals surface area contributed by atoms with Crippen LogP contribution in [0.3, 0.4) is 0 Å². The minimum atomic E-state index is -0.299. The van der Waals surface area contributed by atoms with Crippen LogP contribution in [0.25, 0.3) is 11.0 Å². The van der Waals surface area contributed by atoms with E-state index in [2.05, 4.69) is 15.9 Å². The quantitative estimate of drug-likeness (QED) is 0.436. The van der Waals surface area contributed by atoms with Crippen molar-refractivity contribution in [2.75, 3.05) is 57.9 Å². The number of fused-ring (bicyclic) bond motifs is 1. The van der Waals surface area contributed by atoms with Gasteiger partial charge in [-0.05, 0) is 57.0 Å². The molecule has 0 saturated carbocycles. The van der Waals surface area contributed by atoms with Crippen molar-refractivity contribution in [3.8, 4) is 17.2 Å². The molecule has 1 saturated heterocycles. The van der Waals surface area contributed by atoms with Gasteiger partial charge in [0.2, 0.25) is 5.75 Å². The smallest absolute Gasteiger partial charge is 0.339 e. The SMILES string of the molecule is CCOc1ccc2c(C)c(CCN3CCN(c4ccccc4OC)CC3)c(=O)oc2c1OCC. The minimum Gasteiger partial charge on any atom is -0.495 e. The summed E-state index contributed by atoms with van der Waals surface area (Å²) in [6.45, 7) is 11.3. The van der Waals surface area contributed by atoms with Gasteiger partial charge >= 0.3 is 5.63 Å². The highest BCUT2D eigenvalue weighted by Crippen LogP contribution is 2.37. The van der Waals surface area contributed by atoms with Crippen molar-refractivity contribution in [1.29, 1.82) is 0 Å². The Kier molecular flexibility index (Phi) is 7.63. The fraction of sp³-hybridized carbons (Fsp3) is 0.444. The number of benzene rings is 2. The molecule has 3 aromatic rings. The fourth-order valence-corrected chi connectivity index (χ4v) is 4.62. The van der Waals surface area contributed by atoms with Gasteiger partial charge in [0.05, 0.1) is 26.0 Å². The first kappa shape index (κ1) is 24.0. The van der Waals surface area contributed by atoms with Gasteiger partial charge in [0.15, 0.2) is 11.3 Å². The van der Waals surface area contributed by atoms with E-state index >= 15 is 0 Å². The summed E-state index contributed by atoms with van der Waals surface area (Å²) in [5, 5.41) is 0.891.